The molecule has 3 aromatic rings. The minimum absolute atomic E-state index is 0.178. The number of carbonyl (C=O) groups excluding carboxylic acids is 1. The fourth-order valence-electron chi connectivity index (χ4n) is 2.89. The topological polar surface area (TPSA) is 86.9 Å². The number of nitrogens with two attached hydrogens (primary N) is 2. The van der Waals surface area contributed by atoms with E-state index in [1.54, 1.807) is 10.9 Å². The van der Waals surface area contributed by atoms with Crippen LogP contribution in [-0.4, -0.2) is 22.2 Å². The van der Waals surface area contributed by atoms with Crippen LogP contribution in [0.15, 0.2) is 42.6 Å². The Balaban J connectivity index is 2.29. The summed E-state index contributed by atoms with van der Waals surface area (Å²) in [5.74, 6) is -0.679. The molecule has 4 N–H and O–H groups in total. The average molecular weight is 361 g/mol. The van der Waals surface area contributed by atoms with Crippen molar-refractivity contribution in [3.63, 3.8) is 0 Å². The standard InChI is InChI=1S/C17H17ClN4OS/c1-22-12(7-8-21-22)14-13(15(17(20)23)24-16(14)18)11(9-19)10-5-3-2-4-6-10/h2-8,11H,9,19H2,1H3,(H2,20,23)/t11-/m0/s1. The van der Waals surface area contributed by atoms with Gasteiger partial charge in [0, 0.05) is 31.3 Å². The summed E-state index contributed by atoms with van der Waals surface area (Å²) in [6.07, 6.45) is 1.69. The van der Waals surface area contributed by atoms with E-state index in [9.17, 15) is 4.79 Å². The van der Waals surface area contributed by atoms with Crippen LogP contribution in [0.3, 0.4) is 0 Å². The molecule has 7 heteroatoms. The van der Waals surface area contributed by atoms with Crippen molar-refractivity contribution in [2.75, 3.05) is 6.54 Å². The molecule has 0 saturated carbocycles. The van der Waals surface area contributed by atoms with Crippen molar-refractivity contribution in [3.05, 3.63) is 62.9 Å². The summed E-state index contributed by atoms with van der Waals surface area (Å²) in [4.78, 5) is 12.4. The van der Waals surface area contributed by atoms with Gasteiger partial charge in [0.2, 0.25) is 0 Å². The van der Waals surface area contributed by atoms with E-state index in [0.717, 1.165) is 22.4 Å². The molecule has 1 amide bonds. The number of nitrogens with zero attached hydrogens (tertiary/aromatic N) is 2. The molecule has 0 aliphatic heterocycles. The van der Waals surface area contributed by atoms with Crippen LogP contribution in [0.2, 0.25) is 4.34 Å². The van der Waals surface area contributed by atoms with E-state index in [2.05, 4.69) is 5.10 Å². The average Bonchev–Trinajstić information content (AvgIpc) is 3.13. The summed E-state index contributed by atoms with van der Waals surface area (Å²) in [6, 6.07) is 11.7. The summed E-state index contributed by atoms with van der Waals surface area (Å²) < 4.78 is 2.23. The predicted molar refractivity (Wildman–Crippen MR) is 97.4 cm³/mol. The van der Waals surface area contributed by atoms with Gasteiger partial charge in [-0.25, -0.2) is 0 Å². The number of halogens is 1. The van der Waals surface area contributed by atoms with Gasteiger partial charge in [0.25, 0.3) is 5.91 Å². The quantitative estimate of drug-likeness (QED) is 0.733. The highest BCUT2D eigenvalue weighted by Gasteiger charge is 2.29. The van der Waals surface area contributed by atoms with Crippen molar-refractivity contribution in [2.45, 2.75) is 5.92 Å². The fraction of sp³-hybridized carbons (Fsp3) is 0.176. The Morgan fingerprint density at radius 1 is 1.33 bits per heavy atom. The first-order chi connectivity index (χ1) is 11.5. The van der Waals surface area contributed by atoms with E-state index in [4.69, 9.17) is 23.1 Å². The van der Waals surface area contributed by atoms with Gasteiger partial charge in [-0.3, -0.25) is 9.48 Å². The molecule has 0 bridgehead atoms. The third-order valence-corrected chi connectivity index (χ3v) is 5.42. The van der Waals surface area contributed by atoms with E-state index in [1.165, 1.54) is 11.3 Å². The van der Waals surface area contributed by atoms with Gasteiger partial charge in [0.15, 0.2) is 0 Å². The molecule has 0 saturated heterocycles. The summed E-state index contributed by atoms with van der Waals surface area (Å²) in [6.45, 7) is 0.336. The maximum Gasteiger partial charge on any atom is 0.259 e. The smallest absolute Gasteiger partial charge is 0.259 e. The Bertz CT molecular complexity index is 872. The molecule has 124 valence electrons. The lowest BCUT2D eigenvalue weighted by atomic mass is 9.88. The first kappa shape index (κ1) is 16.7. The Labute approximate surface area is 148 Å². The normalized spacial score (nSPS) is 12.3. The van der Waals surface area contributed by atoms with E-state index < -0.39 is 5.91 Å². The maximum absolute atomic E-state index is 12.0. The fourth-order valence-corrected chi connectivity index (χ4v) is 4.28. The van der Waals surface area contributed by atoms with Crippen LogP contribution >= 0.6 is 22.9 Å². The third-order valence-electron chi connectivity index (χ3n) is 3.99. The summed E-state index contributed by atoms with van der Waals surface area (Å²) >= 11 is 7.66. The van der Waals surface area contributed by atoms with Gasteiger partial charge in [-0.05, 0) is 17.2 Å². The minimum atomic E-state index is -0.500. The van der Waals surface area contributed by atoms with Gasteiger partial charge in [0.05, 0.1) is 10.6 Å². The number of rotatable bonds is 5. The molecule has 0 aliphatic rings. The first-order valence-corrected chi connectivity index (χ1v) is 8.59. The van der Waals surface area contributed by atoms with E-state index >= 15 is 0 Å². The SMILES string of the molecule is Cn1nccc1-c1c(Cl)sc(C(N)=O)c1[C@@H](CN)c1ccccc1. The molecule has 2 aromatic heterocycles. The van der Waals surface area contributed by atoms with Crippen molar-refractivity contribution in [1.82, 2.24) is 9.78 Å². The number of thiophene rings is 1. The summed E-state index contributed by atoms with van der Waals surface area (Å²) in [5, 5.41) is 4.20. The maximum atomic E-state index is 12.0. The van der Waals surface area contributed by atoms with Crippen LogP contribution in [0.1, 0.15) is 26.7 Å². The lowest BCUT2D eigenvalue weighted by Gasteiger charge is -2.18. The molecule has 24 heavy (non-hydrogen) atoms. The second-order valence-corrected chi connectivity index (χ2v) is 7.02. The number of aromatic nitrogens is 2. The van der Waals surface area contributed by atoms with Crippen LogP contribution in [0, 0.1) is 0 Å². The van der Waals surface area contributed by atoms with Crippen molar-refractivity contribution in [3.8, 4) is 11.3 Å². The number of hydrogen-bond donors (Lipinski definition) is 2. The minimum Gasteiger partial charge on any atom is -0.365 e. The number of carbonyl (C=O) groups is 1. The van der Waals surface area contributed by atoms with Gasteiger partial charge in [0.1, 0.15) is 4.34 Å². The molecule has 5 nitrogen and oxygen atoms in total. The molecular formula is C17H17ClN4OS. The van der Waals surface area contributed by atoms with Gasteiger partial charge in [-0.1, -0.05) is 41.9 Å². The molecule has 1 atom stereocenters. The van der Waals surface area contributed by atoms with Crippen molar-refractivity contribution >= 4 is 28.8 Å². The highest BCUT2D eigenvalue weighted by atomic mass is 35.5. The van der Waals surface area contributed by atoms with Crippen molar-refractivity contribution < 1.29 is 4.79 Å². The second-order valence-electron chi connectivity index (χ2n) is 5.40. The van der Waals surface area contributed by atoms with Crippen molar-refractivity contribution in [1.29, 1.82) is 0 Å². The molecule has 0 aliphatic carbocycles. The molecule has 2 heterocycles. The van der Waals surface area contributed by atoms with Crippen LogP contribution < -0.4 is 11.5 Å². The molecular weight excluding hydrogens is 344 g/mol. The number of benzene rings is 1. The van der Waals surface area contributed by atoms with Crippen LogP contribution in [-0.2, 0) is 7.05 Å². The highest BCUT2D eigenvalue weighted by Crippen LogP contribution is 2.45. The number of aryl methyl sites for hydroxylation is 1. The highest BCUT2D eigenvalue weighted by molar-refractivity contribution is 7.18. The lowest BCUT2D eigenvalue weighted by Crippen LogP contribution is -2.19. The van der Waals surface area contributed by atoms with Crippen molar-refractivity contribution in [2.24, 2.45) is 18.5 Å². The summed E-state index contributed by atoms with van der Waals surface area (Å²) in [5.41, 5.74) is 15.1. The zero-order valence-electron chi connectivity index (χ0n) is 13.1. The molecule has 1 aromatic carbocycles. The third kappa shape index (κ3) is 2.84. The number of hydrogen-bond acceptors (Lipinski definition) is 4. The Morgan fingerprint density at radius 2 is 2.04 bits per heavy atom. The van der Waals surface area contributed by atoms with E-state index in [1.807, 2.05) is 43.4 Å². The number of primary amides is 1. The largest absolute Gasteiger partial charge is 0.365 e. The number of amides is 1. The Hall–Kier alpha value is -2.15. The molecule has 3 rings (SSSR count). The Kier molecular flexibility index (Phi) is 4.71. The zero-order valence-corrected chi connectivity index (χ0v) is 14.6. The Morgan fingerprint density at radius 3 is 2.58 bits per heavy atom. The molecule has 0 unspecified atom stereocenters. The van der Waals surface area contributed by atoms with E-state index in [0.29, 0.717) is 15.8 Å². The van der Waals surface area contributed by atoms with Crippen LogP contribution in [0.25, 0.3) is 11.3 Å². The first-order valence-electron chi connectivity index (χ1n) is 7.40. The summed E-state index contributed by atoms with van der Waals surface area (Å²) in [7, 11) is 1.83. The molecule has 0 spiro atoms. The monoisotopic (exact) mass is 360 g/mol. The lowest BCUT2D eigenvalue weighted by molar-refractivity contribution is 0.100. The predicted octanol–water partition coefficient (Wildman–Crippen LogP) is 2.99. The van der Waals surface area contributed by atoms with Crippen LogP contribution in [0.5, 0.6) is 0 Å². The van der Waals surface area contributed by atoms with Gasteiger partial charge >= 0.3 is 0 Å². The second kappa shape index (κ2) is 6.76. The molecule has 0 radical (unpaired) electrons. The van der Waals surface area contributed by atoms with Crippen LogP contribution in [0.4, 0.5) is 0 Å². The van der Waals surface area contributed by atoms with Gasteiger partial charge in [-0.15, -0.1) is 11.3 Å². The van der Waals surface area contributed by atoms with Gasteiger partial charge in [-0.2, -0.15) is 5.10 Å². The zero-order chi connectivity index (χ0) is 17.3. The van der Waals surface area contributed by atoms with E-state index in [-0.39, 0.29) is 5.92 Å². The van der Waals surface area contributed by atoms with Gasteiger partial charge < -0.3 is 11.5 Å². The molecule has 0 fully saturated rings.